The Bertz CT molecular complexity index is 792. The van der Waals surface area contributed by atoms with Crippen LogP contribution >= 0.6 is 0 Å². The van der Waals surface area contributed by atoms with Crippen LogP contribution in [0.25, 0.3) is 22.2 Å². The SMILES string of the molecule is Cc1ccncc1-c1c(CC(F)(F)F)cnc2[nH]ncc12. The van der Waals surface area contributed by atoms with Gasteiger partial charge in [-0.1, -0.05) is 0 Å². The molecule has 0 fully saturated rings. The molecule has 0 saturated carbocycles. The molecule has 1 N–H and O–H groups in total. The van der Waals surface area contributed by atoms with Gasteiger partial charge in [-0.2, -0.15) is 18.3 Å². The van der Waals surface area contributed by atoms with E-state index in [4.69, 9.17) is 0 Å². The van der Waals surface area contributed by atoms with Crippen LogP contribution in [0, 0.1) is 6.92 Å². The van der Waals surface area contributed by atoms with Gasteiger partial charge in [0.25, 0.3) is 0 Å². The zero-order chi connectivity index (χ0) is 15.0. The molecule has 108 valence electrons. The minimum atomic E-state index is -4.30. The first kappa shape index (κ1) is 13.5. The average Bonchev–Trinajstić information content (AvgIpc) is 2.86. The molecular weight excluding hydrogens is 281 g/mol. The number of pyridine rings is 2. The molecule has 3 rings (SSSR count). The second-order valence-electron chi connectivity index (χ2n) is 4.77. The van der Waals surface area contributed by atoms with Crippen LogP contribution in [0.5, 0.6) is 0 Å². The fourth-order valence-corrected chi connectivity index (χ4v) is 2.33. The molecule has 0 aromatic carbocycles. The van der Waals surface area contributed by atoms with Crippen LogP contribution in [0.15, 0.2) is 30.9 Å². The van der Waals surface area contributed by atoms with E-state index < -0.39 is 12.6 Å². The van der Waals surface area contributed by atoms with Gasteiger partial charge in [-0.25, -0.2) is 4.98 Å². The summed E-state index contributed by atoms with van der Waals surface area (Å²) in [5.74, 6) is 0. The van der Waals surface area contributed by atoms with Gasteiger partial charge in [0.15, 0.2) is 5.65 Å². The van der Waals surface area contributed by atoms with Crippen LogP contribution in [0.3, 0.4) is 0 Å². The van der Waals surface area contributed by atoms with Gasteiger partial charge in [-0.15, -0.1) is 0 Å². The van der Waals surface area contributed by atoms with E-state index in [1.54, 1.807) is 18.5 Å². The second kappa shape index (κ2) is 4.83. The molecule has 3 aromatic rings. The lowest BCUT2D eigenvalue weighted by Crippen LogP contribution is -2.13. The zero-order valence-corrected chi connectivity index (χ0v) is 11.1. The quantitative estimate of drug-likeness (QED) is 0.787. The molecule has 21 heavy (non-hydrogen) atoms. The van der Waals surface area contributed by atoms with Crippen molar-refractivity contribution in [3.63, 3.8) is 0 Å². The van der Waals surface area contributed by atoms with E-state index in [1.165, 1.54) is 12.4 Å². The molecule has 0 bridgehead atoms. The topological polar surface area (TPSA) is 54.5 Å². The second-order valence-corrected chi connectivity index (χ2v) is 4.77. The minimum absolute atomic E-state index is 0.118. The molecule has 4 nitrogen and oxygen atoms in total. The summed E-state index contributed by atoms with van der Waals surface area (Å²) in [6, 6.07) is 1.76. The Kier molecular flexibility index (Phi) is 3.12. The van der Waals surface area contributed by atoms with E-state index in [0.29, 0.717) is 22.2 Å². The smallest absolute Gasteiger partial charge is 0.264 e. The van der Waals surface area contributed by atoms with E-state index >= 15 is 0 Å². The Labute approximate surface area is 118 Å². The van der Waals surface area contributed by atoms with Crippen molar-refractivity contribution in [1.82, 2.24) is 20.2 Å². The number of fused-ring (bicyclic) bond motifs is 1. The number of H-pyrrole nitrogens is 1. The number of rotatable bonds is 2. The molecule has 0 saturated heterocycles. The van der Waals surface area contributed by atoms with Crippen molar-refractivity contribution in [1.29, 1.82) is 0 Å². The molecule has 0 aliphatic heterocycles. The lowest BCUT2D eigenvalue weighted by atomic mass is 9.95. The Morgan fingerprint density at radius 3 is 2.71 bits per heavy atom. The third-order valence-electron chi connectivity index (χ3n) is 3.26. The molecule has 0 aliphatic rings. The summed E-state index contributed by atoms with van der Waals surface area (Å²) in [6.07, 6.45) is 0.571. The number of aromatic amines is 1. The van der Waals surface area contributed by atoms with Crippen LogP contribution in [0.4, 0.5) is 13.2 Å². The molecule has 0 spiro atoms. The van der Waals surface area contributed by atoms with Gasteiger partial charge >= 0.3 is 6.18 Å². The lowest BCUT2D eigenvalue weighted by molar-refractivity contribution is -0.127. The van der Waals surface area contributed by atoms with E-state index in [9.17, 15) is 13.2 Å². The molecule has 3 heterocycles. The Morgan fingerprint density at radius 2 is 2.00 bits per heavy atom. The number of hydrogen-bond donors (Lipinski definition) is 1. The Balaban J connectivity index is 2.29. The van der Waals surface area contributed by atoms with Crippen LogP contribution in [0.2, 0.25) is 0 Å². The highest BCUT2D eigenvalue weighted by molar-refractivity contribution is 5.94. The van der Waals surface area contributed by atoms with Gasteiger partial charge < -0.3 is 0 Å². The van der Waals surface area contributed by atoms with E-state index in [0.717, 1.165) is 5.56 Å². The lowest BCUT2D eigenvalue weighted by Gasteiger charge is -2.14. The van der Waals surface area contributed by atoms with Crippen molar-refractivity contribution in [2.24, 2.45) is 0 Å². The third kappa shape index (κ3) is 2.58. The maximum absolute atomic E-state index is 12.8. The van der Waals surface area contributed by atoms with Crippen molar-refractivity contribution in [3.8, 4) is 11.1 Å². The summed E-state index contributed by atoms with van der Waals surface area (Å²) in [6.45, 7) is 1.83. The summed E-state index contributed by atoms with van der Waals surface area (Å²) in [5.41, 5.74) is 2.57. The third-order valence-corrected chi connectivity index (χ3v) is 3.26. The van der Waals surface area contributed by atoms with Gasteiger partial charge in [-0.3, -0.25) is 10.1 Å². The van der Waals surface area contributed by atoms with Crippen molar-refractivity contribution in [2.45, 2.75) is 19.5 Å². The summed E-state index contributed by atoms with van der Waals surface area (Å²) < 4.78 is 38.4. The maximum Gasteiger partial charge on any atom is 0.393 e. The Hall–Kier alpha value is -2.44. The Morgan fingerprint density at radius 1 is 1.19 bits per heavy atom. The van der Waals surface area contributed by atoms with E-state index in [2.05, 4.69) is 20.2 Å². The van der Waals surface area contributed by atoms with Crippen LogP contribution < -0.4 is 0 Å². The van der Waals surface area contributed by atoms with E-state index in [1.807, 2.05) is 6.92 Å². The first-order valence-electron chi connectivity index (χ1n) is 6.24. The predicted octanol–water partition coefficient (Wildman–Crippen LogP) is 3.43. The number of hydrogen-bond acceptors (Lipinski definition) is 3. The van der Waals surface area contributed by atoms with Gasteiger partial charge in [0, 0.05) is 35.1 Å². The number of nitrogens with zero attached hydrogens (tertiary/aromatic N) is 3. The molecule has 0 amide bonds. The van der Waals surface area contributed by atoms with Crippen molar-refractivity contribution >= 4 is 11.0 Å². The summed E-state index contributed by atoms with van der Waals surface area (Å²) in [5, 5.41) is 7.10. The normalized spacial score (nSPS) is 12.0. The molecule has 0 radical (unpaired) electrons. The molecule has 0 aliphatic carbocycles. The van der Waals surface area contributed by atoms with Gasteiger partial charge in [0.05, 0.1) is 12.6 Å². The summed E-state index contributed by atoms with van der Waals surface area (Å²) in [4.78, 5) is 8.02. The highest BCUT2D eigenvalue weighted by Crippen LogP contribution is 2.35. The van der Waals surface area contributed by atoms with Crippen LogP contribution in [-0.2, 0) is 6.42 Å². The molecule has 0 unspecified atom stereocenters. The monoisotopic (exact) mass is 292 g/mol. The molecule has 7 heteroatoms. The maximum atomic E-state index is 12.8. The average molecular weight is 292 g/mol. The highest BCUT2D eigenvalue weighted by atomic mass is 19.4. The van der Waals surface area contributed by atoms with Gasteiger partial charge in [-0.05, 0) is 24.1 Å². The number of alkyl halides is 3. The van der Waals surface area contributed by atoms with Crippen molar-refractivity contribution in [2.75, 3.05) is 0 Å². The number of aromatic nitrogens is 4. The first-order valence-corrected chi connectivity index (χ1v) is 6.24. The molecular formula is C14H11F3N4. The van der Waals surface area contributed by atoms with Crippen molar-refractivity contribution < 1.29 is 13.2 Å². The van der Waals surface area contributed by atoms with Crippen molar-refractivity contribution in [3.05, 3.63) is 42.0 Å². The minimum Gasteiger partial charge on any atom is -0.264 e. The predicted molar refractivity (Wildman–Crippen MR) is 71.6 cm³/mol. The summed E-state index contributed by atoms with van der Waals surface area (Å²) >= 11 is 0. The van der Waals surface area contributed by atoms with Crippen LogP contribution in [0.1, 0.15) is 11.1 Å². The zero-order valence-electron chi connectivity index (χ0n) is 11.1. The fourth-order valence-electron chi connectivity index (χ4n) is 2.33. The van der Waals surface area contributed by atoms with Gasteiger partial charge in [0.1, 0.15) is 0 Å². The fraction of sp³-hybridized carbons (Fsp3) is 0.214. The first-order chi connectivity index (χ1) is 9.96. The summed E-state index contributed by atoms with van der Waals surface area (Å²) in [7, 11) is 0. The number of halogens is 3. The highest BCUT2D eigenvalue weighted by Gasteiger charge is 2.30. The standard InChI is InChI=1S/C14H11F3N4/c1-8-2-3-18-6-10(8)12-9(4-14(15,16)17)5-19-13-11(12)7-20-21-13/h2-3,5-7H,4H2,1H3,(H,19,20,21). The number of nitrogens with one attached hydrogen (secondary N) is 1. The number of aryl methyl sites for hydroxylation is 1. The van der Waals surface area contributed by atoms with Crippen LogP contribution in [-0.4, -0.2) is 26.3 Å². The molecule has 0 atom stereocenters. The molecule has 3 aromatic heterocycles. The largest absolute Gasteiger partial charge is 0.393 e. The van der Waals surface area contributed by atoms with Gasteiger partial charge in [0.2, 0.25) is 0 Å². The van der Waals surface area contributed by atoms with E-state index in [-0.39, 0.29) is 5.56 Å².